The standard InChI is InChI=1S/C70H53N3/c1-69(2)61-30-16-13-27-54(61)56-38-35-51(44-63(56)69)71(48-22-7-5-8-23-48)50-37-41-67(72(49-24-9-6-10-25-49)65-33-19-21-46-20-11-12-26-53(46)65)59(43-50)47-34-40-68-60(42-47)58-29-15-18-32-66(58)73(68)52-36-39-57-55-28-14-17-31-62(55)70(3,4)64(57)45-52/h5-45H,1-4H3. The lowest BCUT2D eigenvalue weighted by molar-refractivity contribution is 0.660. The van der Waals surface area contributed by atoms with E-state index >= 15 is 0 Å². The van der Waals surface area contributed by atoms with E-state index in [1.807, 2.05) is 0 Å². The highest BCUT2D eigenvalue weighted by molar-refractivity contribution is 6.11. The van der Waals surface area contributed by atoms with Crippen LogP contribution in [0.25, 0.3) is 71.6 Å². The predicted molar refractivity (Wildman–Crippen MR) is 308 cm³/mol. The molecule has 0 N–H and O–H groups in total. The van der Waals surface area contributed by atoms with E-state index in [0.717, 1.165) is 45.3 Å². The maximum atomic E-state index is 2.47. The van der Waals surface area contributed by atoms with E-state index in [-0.39, 0.29) is 10.8 Å². The van der Waals surface area contributed by atoms with Crippen LogP contribution in [-0.4, -0.2) is 4.57 Å². The number of nitrogens with zero attached hydrogens (tertiary/aromatic N) is 3. The Bertz CT molecular complexity index is 4150. The van der Waals surface area contributed by atoms with Crippen molar-refractivity contribution in [3.63, 3.8) is 0 Å². The van der Waals surface area contributed by atoms with Gasteiger partial charge in [-0.15, -0.1) is 0 Å². The molecule has 11 aromatic carbocycles. The maximum absolute atomic E-state index is 2.47. The van der Waals surface area contributed by atoms with E-state index in [4.69, 9.17) is 0 Å². The summed E-state index contributed by atoms with van der Waals surface area (Å²) in [6.45, 7) is 9.46. The van der Waals surface area contributed by atoms with Crippen LogP contribution in [0.1, 0.15) is 49.9 Å². The van der Waals surface area contributed by atoms with Crippen molar-refractivity contribution in [1.82, 2.24) is 4.57 Å². The van der Waals surface area contributed by atoms with Gasteiger partial charge in [0.15, 0.2) is 0 Å². The molecule has 0 unspecified atom stereocenters. The van der Waals surface area contributed by atoms with Crippen molar-refractivity contribution in [3.8, 4) is 39.1 Å². The zero-order valence-corrected chi connectivity index (χ0v) is 41.5. The molecule has 0 amide bonds. The van der Waals surface area contributed by atoms with Crippen molar-refractivity contribution in [2.45, 2.75) is 38.5 Å². The predicted octanol–water partition coefficient (Wildman–Crippen LogP) is 19.2. The Morgan fingerprint density at radius 1 is 0.301 bits per heavy atom. The lowest BCUT2D eigenvalue weighted by Crippen LogP contribution is -2.17. The molecular weight excluding hydrogens is 883 g/mol. The van der Waals surface area contributed by atoms with Crippen LogP contribution in [0.5, 0.6) is 0 Å². The zero-order valence-electron chi connectivity index (χ0n) is 41.5. The monoisotopic (exact) mass is 935 g/mol. The third-order valence-electron chi connectivity index (χ3n) is 16.1. The van der Waals surface area contributed by atoms with Gasteiger partial charge in [0, 0.05) is 61.0 Å². The second-order valence-electron chi connectivity index (χ2n) is 20.9. The van der Waals surface area contributed by atoms with E-state index in [1.54, 1.807) is 0 Å². The Balaban J connectivity index is 1.01. The molecule has 3 heteroatoms. The molecule has 0 radical (unpaired) electrons. The van der Waals surface area contributed by atoms with Gasteiger partial charge >= 0.3 is 0 Å². The number of hydrogen-bond donors (Lipinski definition) is 0. The van der Waals surface area contributed by atoms with Gasteiger partial charge in [-0.25, -0.2) is 0 Å². The number of para-hydroxylation sites is 3. The smallest absolute Gasteiger partial charge is 0.0541 e. The van der Waals surface area contributed by atoms with Gasteiger partial charge in [-0.2, -0.15) is 0 Å². The van der Waals surface area contributed by atoms with Gasteiger partial charge in [0.25, 0.3) is 0 Å². The average Bonchev–Trinajstić information content (AvgIpc) is 3.99. The highest BCUT2D eigenvalue weighted by atomic mass is 15.2. The molecule has 0 bridgehead atoms. The molecular formula is C70H53N3. The highest BCUT2D eigenvalue weighted by Crippen LogP contribution is 2.53. The molecule has 0 aliphatic heterocycles. The van der Waals surface area contributed by atoms with E-state index in [2.05, 4.69) is 291 Å². The van der Waals surface area contributed by atoms with E-state index < -0.39 is 0 Å². The molecule has 1 heterocycles. The molecule has 73 heavy (non-hydrogen) atoms. The van der Waals surface area contributed by atoms with Gasteiger partial charge in [0.1, 0.15) is 0 Å². The Labute approximate surface area is 427 Å². The highest BCUT2D eigenvalue weighted by Gasteiger charge is 2.37. The molecule has 3 nitrogen and oxygen atoms in total. The first-order chi connectivity index (χ1) is 35.7. The van der Waals surface area contributed by atoms with E-state index in [0.29, 0.717) is 0 Å². The second-order valence-corrected chi connectivity index (χ2v) is 20.9. The molecule has 12 aromatic rings. The summed E-state index contributed by atoms with van der Waals surface area (Å²) in [6, 6.07) is 92.3. The van der Waals surface area contributed by atoms with Crippen molar-refractivity contribution in [3.05, 3.63) is 271 Å². The van der Waals surface area contributed by atoms with Crippen LogP contribution < -0.4 is 9.80 Å². The molecule has 0 fully saturated rings. The van der Waals surface area contributed by atoms with Gasteiger partial charge in [0.05, 0.1) is 22.4 Å². The van der Waals surface area contributed by atoms with Crippen molar-refractivity contribution in [2.24, 2.45) is 0 Å². The first-order valence-corrected chi connectivity index (χ1v) is 25.6. The molecule has 0 atom stereocenters. The van der Waals surface area contributed by atoms with Crippen LogP contribution in [0.3, 0.4) is 0 Å². The minimum Gasteiger partial charge on any atom is -0.310 e. The second kappa shape index (κ2) is 16.3. The summed E-state index contributed by atoms with van der Waals surface area (Å²) in [5.41, 5.74) is 22.9. The summed E-state index contributed by atoms with van der Waals surface area (Å²) in [7, 11) is 0. The molecule has 0 saturated heterocycles. The quantitative estimate of drug-likeness (QED) is 0.150. The lowest BCUT2D eigenvalue weighted by atomic mass is 9.82. The number of benzene rings is 11. The van der Waals surface area contributed by atoms with Crippen LogP contribution in [0.4, 0.5) is 34.1 Å². The minimum absolute atomic E-state index is 0.112. The fourth-order valence-electron chi connectivity index (χ4n) is 12.6. The summed E-state index contributed by atoms with van der Waals surface area (Å²) in [5.74, 6) is 0. The van der Waals surface area contributed by atoms with Crippen LogP contribution in [0.2, 0.25) is 0 Å². The number of hydrogen-bond acceptors (Lipinski definition) is 2. The van der Waals surface area contributed by atoms with Crippen LogP contribution in [0.15, 0.2) is 249 Å². The first kappa shape index (κ1) is 42.9. The molecule has 2 aliphatic carbocycles. The number of fused-ring (bicyclic) bond motifs is 10. The van der Waals surface area contributed by atoms with Crippen LogP contribution in [-0.2, 0) is 10.8 Å². The summed E-state index contributed by atoms with van der Waals surface area (Å²) in [4.78, 5) is 4.90. The van der Waals surface area contributed by atoms with Gasteiger partial charge < -0.3 is 14.4 Å². The van der Waals surface area contributed by atoms with E-state index in [1.165, 1.54) is 82.8 Å². The van der Waals surface area contributed by atoms with Crippen molar-refractivity contribution >= 4 is 66.7 Å². The van der Waals surface area contributed by atoms with Gasteiger partial charge in [-0.1, -0.05) is 185 Å². The number of anilines is 6. The van der Waals surface area contributed by atoms with Crippen LogP contribution >= 0.6 is 0 Å². The van der Waals surface area contributed by atoms with Crippen LogP contribution in [0, 0.1) is 0 Å². The molecule has 14 rings (SSSR count). The minimum atomic E-state index is -0.149. The molecule has 2 aliphatic rings. The fourth-order valence-corrected chi connectivity index (χ4v) is 12.6. The number of rotatable bonds is 8. The first-order valence-electron chi connectivity index (χ1n) is 25.6. The molecule has 0 saturated carbocycles. The SMILES string of the molecule is CC1(C)c2ccccc2-c2ccc(N(c3ccccc3)c3ccc(N(c4ccccc4)c4cccc5ccccc45)c(-c4ccc5c(c4)c4ccccc4n5-c4ccc5c(c4)C(C)(C)c4ccccc4-5)c3)cc21. The molecule has 0 spiro atoms. The van der Waals surface area contributed by atoms with Gasteiger partial charge in [-0.3, -0.25) is 0 Å². The van der Waals surface area contributed by atoms with Gasteiger partial charge in [-0.05, 0) is 146 Å². The Morgan fingerprint density at radius 3 is 1.56 bits per heavy atom. The Kier molecular flexibility index (Phi) is 9.59. The van der Waals surface area contributed by atoms with Gasteiger partial charge in [0.2, 0.25) is 0 Å². The van der Waals surface area contributed by atoms with Crippen molar-refractivity contribution in [2.75, 3.05) is 9.80 Å². The van der Waals surface area contributed by atoms with Crippen molar-refractivity contribution in [1.29, 1.82) is 0 Å². The Morgan fingerprint density at radius 2 is 0.836 bits per heavy atom. The average molecular weight is 936 g/mol. The number of aromatic nitrogens is 1. The maximum Gasteiger partial charge on any atom is 0.0541 e. The molecule has 1 aromatic heterocycles. The normalized spacial score (nSPS) is 13.7. The largest absolute Gasteiger partial charge is 0.310 e. The molecule has 348 valence electrons. The Hall–Kier alpha value is -8.92. The summed E-state index contributed by atoms with van der Waals surface area (Å²) in [5, 5.41) is 4.82. The fraction of sp³-hybridized carbons (Fsp3) is 0.0857. The summed E-state index contributed by atoms with van der Waals surface area (Å²) >= 11 is 0. The van der Waals surface area contributed by atoms with Crippen molar-refractivity contribution < 1.29 is 0 Å². The van der Waals surface area contributed by atoms with E-state index in [9.17, 15) is 0 Å². The summed E-state index contributed by atoms with van der Waals surface area (Å²) in [6.07, 6.45) is 0. The third kappa shape index (κ3) is 6.58. The zero-order chi connectivity index (χ0) is 49.0. The topological polar surface area (TPSA) is 11.4 Å². The third-order valence-corrected chi connectivity index (χ3v) is 16.1. The lowest BCUT2D eigenvalue weighted by Gasteiger charge is -2.32. The summed E-state index contributed by atoms with van der Waals surface area (Å²) < 4.78 is 2.47.